The Morgan fingerprint density at radius 2 is 1.86 bits per heavy atom. The van der Waals surface area contributed by atoms with Crippen LogP contribution in [0.25, 0.3) is 0 Å². The van der Waals surface area contributed by atoms with Crippen LogP contribution in [0.4, 0.5) is 5.69 Å². The summed E-state index contributed by atoms with van der Waals surface area (Å²) in [7, 11) is 0. The number of carbonyl (C=O) groups excluding carboxylic acids is 1. The summed E-state index contributed by atoms with van der Waals surface area (Å²) in [4.78, 5) is 11.9. The monoisotopic (exact) mass is 317 g/mol. The fourth-order valence-corrected chi connectivity index (χ4v) is 2.28. The van der Waals surface area contributed by atoms with Crippen LogP contribution in [0.2, 0.25) is 5.02 Å². The molecule has 0 saturated heterocycles. The Hall–Kier alpha value is -2.00. The van der Waals surface area contributed by atoms with Gasteiger partial charge in [0, 0.05) is 10.7 Å². The van der Waals surface area contributed by atoms with Crippen molar-refractivity contribution in [2.75, 3.05) is 11.9 Å². The van der Waals surface area contributed by atoms with Gasteiger partial charge in [-0.3, -0.25) is 4.79 Å². The molecule has 4 heteroatoms. The summed E-state index contributed by atoms with van der Waals surface area (Å²) in [6.45, 7) is 6.14. The van der Waals surface area contributed by atoms with Gasteiger partial charge in [0.2, 0.25) is 0 Å². The first-order chi connectivity index (χ1) is 10.5. The van der Waals surface area contributed by atoms with Crippen molar-refractivity contribution in [2.45, 2.75) is 26.7 Å². The largest absolute Gasteiger partial charge is 0.484 e. The number of benzene rings is 2. The smallest absolute Gasteiger partial charge is 0.262 e. The molecule has 3 nitrogen and oxygen atoms in total. The third kappa shape index (κ3) is 4.50. The van der Waals surface area contributed by atoms with E-state index in [2.05, 4.69) is 19.2 Å². The maximum Gasteiger partial charge on any atom is 0.262 e. The third-order valence-corrected chi connectivity index (χ3v) is 3.61. The minimum atomic E-state index is -0.196. The molecule has 1 N–H and O–H groups in total. The van der Waals surface area contributed by atoms with Crippen molar-refractivity contribution in [1.29, 1.82) is 0 Å². The summed E-state index contributed by atoms with van der Waals surface area (Å²) >= 11 is 5.89. The lowest BCUT2D eigenvalue weighted by Crippen LogP contribution is -2.20. The number of hydrogen-bond acceptors (Lipinski definition) is 2. The van der Waals surface area contributed by atoms with E-state index in [9.17, 15) is 4.79 Å². The molecule has 0 atom stereocenters. The number of anilines is 1. The Balaban J connectivity index is 1.89. The highest BCUT2D eigenvalue weighted by Crippen LogP contribution is 2.20. The molecule has 2 aromatic carbocycles. The zero-order valence-electron chi connectivity index (χ0n) is 13.0. The average molecular weight is 318 g/mol. The molecule has 0 radical (unpaired) electrons. The van der Waals surface area contributed by atoms with Crippen LogP contribution < -0.4 is 10.1 Å². The predicted octanol–water partition coefficient (Wildman–Crippen LogP) is 4.79. The highest BCUT2D eigenvalue weighted by atomic mass is 35.5. The minimum Gasteiger partial charge on any atom is -0.484 e. The van der Waals surface area contributed by atoms with Crippen LogP contribution >= 0.6 is 11.6 Å². The summed E-state index contributed by atoms with van der Waals surface area (Å²) in [5.74, 6) is 0.968. The molecule has 0 aliphatic rings. The van der Waals surface area contributed by atoms with Gasteiger partial charge in [0.15, 0.2) is 6.61 Å². The summed E-state index contributed by atoms with van der Waals surface area (Å²) in [5, 5.41) is 3.46. The van der Waals surface area contributed by atoms with E-state index in [-0.39, 0.29) is 12.5 Å². The maximum atomic E-state index is 11.9. The normalized spacial score (nSPS) is 10.6. The van der Waals surface area contributed by atoms with Crippen LogP contribution in [0, 0.1) is 6.92 Å². The molecule has 0 heterocycles. The van der Waals surface area contributed by atoms with Crippen LogP contribution in [0.15, 0.2) is 42.5 Å². The van der Waals surface area contributed by atoms with Crippen LogP contribution in [0.5, 0.6) is 5.75 Å². The van der Waals surface area contributed by atoms with Gasteiger partial charge in [-0.05, 0) is 54.3 Å². The van der Waals surface area contributed by atoms with E-state index in [1.54, 1.807) is 12.1 Å². The zero-order chi connectivity index (χ0) is 16.1. The van der Waals surface area contributed by atoms with Crippen LogP contribution in [-0.4, -0.2) is 12.5 Å². The fraction of sp³-hybridized carbons (Fsp3) is 0.278. The summed E-state index contributed by atoms with van der Waals surface area (Å²) in [6, 6.07) is 13.1. The van der Waals surface area contributed by atoms with E-state index in [1.807, 2.05) is 37.3 Å². The van der Waals surface area contributed by atoms with Crippen molar-refractivity contribution in [3.63, 3.8) is 0 Å². The fourth-order valence-electron chi connectivity index (χ4n) is 2.05. The van der Waals surface area contributed by atoms with E-state index in [4.69, 9.17) is 16.3 Å². The van der Waals surface area contributed by atoms with E-state index in [0.29, 0.717) is 16.7 Å². The molecule has 0 saturated carbocycles. The number of ether oxygens (including phenoxy) is 1. The molecule has 0 spiro atoms. The number of aryl methyl sites for hydroxylation is 1. The molecule has 2 rings (SSSR count). The number of halogens is 1. The van der Waals surface area contributed by atoms with Crippen molar-refractivity contribution < 1.29 is 9.53 Å². The number of hydrogen-bond donors (Lipinski definition) is 1. The number of nitrogens with one attached hydrogen (secondary N) is 1. The van der Waals surface area contributed by atoms with Crippen molar-refractivity contribution in [1.82, 2.24) is 0 Å². The molecule has 1 amide bonds. The molecule has 0 fully saturated rings. The van der Waals surface area contributed by atoms with Crippen molar-refractivity contribution in [3.05, 3.63) is 58.6 Å². The van der Waals surface area contributed by atoms with Crippen LogP contribution in [0.1, 0.15) is 30.9 Å². The number of rotatable bonds is 5. The quantitative estimate of drug-likeness (QED) is 0.861. The van der Waals surface area contributed by atoms with Gasteiger partial charge in [0.1, 0.15) is 5.75 Å². The molecule has 0 bridgehead atoms. The van der Waals surface area contributed by atoms with E-state index in [1.165, 1.54) is 5.56 Å². The lowest BCUT2D eigenvalue weighted by molar-refractivity contribution is -0.118. The van der Waals surface area contributed by atoms with Gasteiger partial charge in [0.05, 0.1) is 0 Å². The summed E-state index contributed by atoms with van der Waals surface area (Å²) < 4.78 is 5.50. The third-order valence-electron chi connectivity index (χ3n) is 3.38. The minimum absolute atomic E-state index is 0.0247. The van der Waals surface area contributed by atoms with Gasteiger partial charge >= 0.3 is 0 Å². The van der Waals surface area contributed by atoms with E-state index >= 15 is 0 Å². The second-order valence-corrected chi connectivity index (χ2v) is 5.96. The van der Waals surface area contributed by atoms with Crippen molar-refractivity contribution in [3.8, 4) is 5.75 Å². The lowest BCUT2D eigenvalue weighted by Gasteiger charge is -2.11. The standard InChI is InChI=1S/C18H20ClNO2/c1-12(2)14-4-7-16(8-5-14)22-11-18(21)20-17-9-6-15(19)10-13(17)3/h4-10,12H,11H2,1-3H3,(H,20,21). The lowest BCUT2D eigenvalue weighted by atomic mass is 10.0. The van der Waals surface area contributed by atoms with Crippen LogP contribution in [-0.2, 0) is 4.79 Å². The first-order valence-electron chi connectivity index (χ1n) is 7.24. The van der Waals surface area contributed by atoms with Gasteiger partial charge < -0.3 is 10.1 Å². The number of amides is 1. The maximum absolute atomic E-state index is 11.9. The average Bonchev–Trinajstić information content (AvgIpc) is 2.48. The molecule has 22 heavy (non-hydrogen) atoms. The molecular formula is C18H20ClNO2. The van der Waals surface area contributed by atoms with Gasteiger partial charge in [-0.2, -0.15) is 0 Å². The Morgan fingerprint density at radius 1 is 1.18 bits per heavy atom. The molecular weight excluding hydrogens is 298 g/mol. The van der Waals surface area contributed by atoms with Gasteiger partial charge in [-0.25, -0.2) is 0 Å². The first-order valence-corrected chi connectivity index (χ1v) is 7.62. The Bertz CT molecular complexity index is 651. The first kappa shape index (κ1) is 16.4. The molecule has 0 unspecified atom stereocenters. The van der Waals surface area contributed by atoms with Crippen molar-refractivity contribution in [2.24, 2.45) is 0 Å². The van der Waals surface area contributed by atoms with E-state index in [0.717, 1.165) is 11.3 Å². The molecule has 0 aliphatic heterocycles. The molecule has 2 aromatic rings. The molecule has 0 aliphatic carbocycles. The SMILES string of the molecule is Cc1cc(Cl)ccc1NC(=O)COc1ccc(C(C)C)cc1. The Labute approximate surface area is 136 Å². The molecule has 0 aromatic heterocycles. The second kappa shape index (κ2) is 7.32. The predicted molar refractivity (Wildman–Crippen MR) is 90.8 cm³/mol. The zero-order valence-corrected chi connectivity index (χ0v) is 13.8. The van der Waals surface area contributed by atoms with Gasteiger partial charge in [-0.1, -0.05) is 37.6 Å². The summed E-state index contributed by atoms with van der Waals surface area (Å²) in [5.41, 5.74) is 2.91. The van der Waals surface area contributed by atoms with Crippen molar-refractivity contribution >= 4 is 23.2 Å². The second-order valence-electron chi connectivity index (χ2n) is 5.52. The Kier molecular flexibility index (Phi) is 5.45. The summed E-state index contributed by atoms with van der Waals surface area (Å²) in [6.07, 6.45) is 0. The Morgan fingerprint density at radius 3 is 2.45 bits per heavy atom. The number of carbonyl (C=O) groups is 1. The highest BCUT2D eigenvalue weighted by Gasteiger charge is 2.07. The highest BCUT2D eigenvalue weighted by molar-refractivity contribution is 6.30. The topological polar surface area (TPSA) is 38.3 Å². The van der Waals surface area contributed by atoms with Gasteiger partial charge in [-0.15, -0.1) is 0 Å². The van der Waals surface area contributed by atoms with Gasteiger partial charge in [0.25, 0.3) is 5.91 Å². The van der Waals surface area contributed by atoms with E-state index < -0.39 is 0 Å². The molecule has 116 valence electrons. The van der Waals surface area contributed by atoms with Crippen LogP contribution in [0.3, 0.4) is 0 Å².